The molecule has 0 saturated heterocycles. The number of furan rings is 1. The highest BCUT2D eigenvalue weighted by Gasteiger charge is 2.21. The van der Waals surface area contributed by atoms with Crippen LogP contribution in [0.4, 0.5) is 0 Å². The molecule has 0 bridgehead atoms. The van der Waals surface area contributed by atoms with Crippen molar-refractivity contribution in [1.29, 1.82) is 0 Å². The molecule has 0 radical (unpaired) electrons. The van der Waals surface area contributed by atoms with Crippen molar-refractivity contribution in [3.8, 4) is 0 Å². The van der Waals surface area contributed by atoms with E-state index in [4.69, 9.17) is 4.42 Å². The van der Waals surface area contributed by atoms with Crippen LogP contribution in [0.1, 0.15) is 67.7 Å². The summed E-state index contributed by atoms with van der Waals surface area (Å²) in [6, 6.07) is 4.62. The predicted octanol–water partition coefficient (Wildman–Crippen LogP) is 3.99. The zero-order valence-corrected chi connectivity index (χ0v) is 14.0. The van der Waals surface area contributed by atoms with Gasteiger partial charge in [-0.15, -0.1) is 0 Å². The van der Waals surface area contributed by atoms with E-state index in [9.17, 15) is 0 Å². The normalized spacial score (nSPS) is 14.4. The smallest absolute Gasteiger partial charge is 0.120 e. The minimum Gasteiger partial charge on any atom is -0.464 e. The summed E-state index contributed by atoms with van der Waals surface area (Å²) in [5.41, 5.74) is 3.65. The van der Waals surface area contributed by atoms with Crippen molar-refractivity contribution in [3.63, 3.8) is 0 Å². The van der Waals surface area contributed by atoms with E-state index in [0.717, 1.165) is 30.1 Å². The molecule has 4 heteroatoms. The van der Waals surface area contributed by atoms with Gasteiger partial charge in [0.15, 0.2) is 0 Å². The molecule has 0 fully saturated rings. The first-order valence-electron chi connectivity index (χ1n) is 7.82. The van der Waals surface area contributed by atoms with Gasteiger partial charge in [-0.1, -0.05) is 13.8 Å². The fraction of sp³-hybridized carbons (Fsp3) is 0.588. The molecule has 0 unspecified atom stereocenters. The highest BCUT2D eigenvalue weighted by Crippen LogP contribution is 2.27. The van der Waals surface area contributed by atoms with Crippen molar-refractivity contribution in [1.82, 2.24) is 15.1 Å². The Hall–Kier alpha value is -1.55. The van der Waals surface area contributed by atoms with Gasteiger partial charge in [0.05, 0.1) is 11.7 Å². The van der Waals surface area contributed by atoms with Gasteiger partial charge in [0.25, 0.3) is 0 Å². The van der Waals surface area contributed by atoms with Gasteiger partial charge in [-0.3, -0.25) is 4.68 Å². The van der Waals surface area contributed by atoms with Crippen LogP contribution in [0.25, 0.3) is 0 Å². The van der Waals surface area contributed by atoms with Gasteiger partial charge in [0.2, 0.25) is 0 Å². The Morgan fingerprint density at radius 1 is 1.29 bits per heavy atom. The minimum absolute atomic E-state index is 0.189. The maximum absolute atomic E-state index is 5.86. The fourth-order valence-electron chi connectivity index (χ4n) is 2.90. The van der Waals surface area contributed by atoms with Crippen LogP contribution in [-0.4, -0.2) is 9.78 Å². The van der Waals surface area contributed by atoms with Gasteiger partial charge in [-0.05, 0) is 39.3 Å². The lowest BCUT2D eigenvalue weighted by Gasteiger charge is -2.22. The van der Waals surface area contributed by atoms with E-state index in [2.05, 4.69) is 57.2 Å². The zero-order valence-electron chi connectivity index (χ0n) is 14.0. The highest BCUT2D eigenvalue weighted by molar-refractivity contribution is 5.28. The third-order valence-electron chi connectivity index (χ3n) is 4.23. The van der Waals surface area contributed by atoms with Crippen molar-refractivity contribution < 1.29 is 4.42 Å². The lowest BCUT2D eigenvalue weighted by atomic mass is 10.0. The molecule has 0 aliphatic carbocycles. The number of rotatable bonds is 6. The molecule has 0 aliphatic rings. The summed E-state index contributed by atoms with van der Waals surface area (Å²) < 4.78 is 7.82. The number of nitrogens with one attached hydrogen (secondary N) is 1. The second-order valence-corrected chi connectivity index (χ2v) is 5.71. The first kappa shape index (κ1) is 15.8. The summed E-state index contributed by atoms with van der Waals surface area (Å²) in [6.45, 7) is 10.7. The van der Waals surface area contributed by atoms with Crippen molar-refractivity contribution in [2.45, 2.75) is 59.5 Å². The van der Waals surface area contributed by atoms with Crippen LogP contribution in [0.5, 0.6) is 0 Å². The second kappa shape index (κ2) is 6.48. The van der Waals surface area contributed by atoms with E-state index in [-0.39, 0.29) is 6.04 Å². The molecule has 21 heavy (non-hydrogen) atoms. The monoisotopic (exact) mass is 289 g/mol. The molecule has 2 atom stereocenters. The summed E-state index contributed by atoms with van der Waals surface area (Å²) in [5, 5.41) is 8.21. The Labute approximate surface area is 127 Å². The Kier molecular flexibility index (Phi) is 4.88. The molecule has 0 saturated carbocycles. The van der Waals surface area contributed by atoms with E-state index >= 15 is 0 Å². The van der Waals surface area contributed by atoms with Crippen LogP contribution in [-0.2, 0) is 13.5 Å². The molecule has 0 spiro atoms. The Morgan fingerprint density at radius 2 is 2.00 bits per heavy atom. The molecule has 0 aromatic carbocycles. The number of aromatic nitrogens is 2. The Bertz CT molecular complexity index is 597. The van der Waals surface area contributed by atoms with Crippen molar-refractivity contribution >= 4 is 0 Å². The van der Waals surface area contributed by atoms with Crippen LogP contribution < -0.4 is 5.32 Å². The van der Waals surface area contributed by atoms with Gasteiger partial charge >= 0.3 is 0 Å². The molecular formula is C17H27N3O. The van der Waals surface area contributed by atoms with Crippen LogP contribution in [0.2, 0.25) is 0 Å². The minimum atomic E-state index is 0.189. The average molecular weight is 289 g/mol. The van der Waals surface area contributed by atoms with Crippen LogP contribution >= 0.6 is 0 Å². The molecular weight excluding hydrogens is 262 g/mol. The fourth-order valence-corrected chi connectivity index (χ4v) is 2.90. The predicted molar refractivity (Wildman–Crippen MR) is 85.4 cm³/mol. The van der Waals surface area contributed by atoms with Gasteiger partial charge in [0, 0.05) is 30.8 Å². The summed E-state index contributed by atoms with van der Waals surface area (Å²) in [6.07, 6.45) is 1.96. The Balaban J connectivity index is 2.18. The third kappa shape index (κ3) is 3.21. The number of hydrogen-bond acceptors (Lipinski definition) is 3. The summed E-state index contributed by atoms with van der Waals surface area (Å²) in [7, 11) is 2.00. The first-order valence-corrected chi connectivity index (χ1v) is 7.82. The van der Waals surface area contributed by atoms with Crippen LogP contribution in [0.15, 0.2) is 16.5 Å². The summed E-state index contributed by atoms with van der Waals surface area (Å²) in [5.74, 6) is 2.05. The van der Waals surface area contributed by atoms with E-state index in [1.807, 2.05) is 11.7 Å². The first-order chi connectivity index (χ1) is 9.97. The van der Waals surface area contributed by atoms with Gasteiger partial charge < -0.3 is 9.73 Å². The second-order valence-electron chi connectivity index (χ2n) is 5.71. The lowest BCUT2D eigenvalue weighted by molar-refractivity contribution is 0.373. The largest absolute Gasteiger partial charge is 0.464 e. The topological polar surface area (TPSA) is 43.0 Å². The number of nitrogens with zero attached hydrogens (tertiary/aromatic N) is 2. The summed E-state index contributed by atoms with van der Waals surface area (Å²) in [4.78, 5) is 0. The van der Waals surface area contributed by atoms with Gasteiger partial charge in [-0.2, -0.15) is 5.10 Å². The molecule has 4 nitrogen and oxygen atoms in total. The quantitative estimate of drug-likeness (QED) is 0.874. The molecule has 0 aliphatic heterocycles. The van der Waals surface area contributed by atoms with Crippen LogP contribution in [0, 0.1) is 13.8 Å². The molecule has 2 rings (SSSR count). The molecule has 2 heterocycles. The van der Waals surface area contributed by atoms with E-state index in [1.54, 1.807) is 0 Å². The van der Waals surface area contributed by atoms with Gasteiger partial charge in [-0.25, -0.2) is 0 Å². The van der Waals surface area contributed by atoms with Crippen molar-refractivity contribution in [2.24, 2.45) is 7.05 Å². The highest BCUT2D eigenvalue weighted by atomic mass is 16.3. The summed E-state index contributed by atoms with van der Waals surface area (Å²) >= 11 is 0. The number of aryl methyl sites for hydroxylation is 3. The van der Waals surface area contributed by atoms with Gasteiger partial charge in [0.1, 0.15) is 11.5 Å². The maximum atomic E-state index is 5.86. The van der Waals surface area contributed by atoms with E-state index < -0.39 is 0 Å². The maximum Gasteiger partial charge on any atom is 0.120 e. The molecule has 2 aromatic rings. The Morgan fingerprint density at radius 3 is 2.48 bits per heavy atom. The average Bonchev–Trinajstić information content (AvgIpc) is 3.03. The van der Waals surface area contributed by atoms with Crippen LogP contribution in [0.3, 0.4) is 0 Å². The molecule has 116 valence electrons. The van der Waals surface area contributed by atoms with Crippen molar-refractivity contribution in [3.05, 3.63) is 40.6 Å². The molecule has 0 amide bonds. The molecule has 1 N–H and O–H groups in total. The molecule has 2 aromatic heterocycles. The van der Waals surface area contributed by atoms with Crippen molar-refractivity contribution in [2.75, 3.05) is 0 Å². The third-order valence-corrected chi connectivity index (χ3v) is 4.23. The van der Waals surface area contributed by atoms with E-state index in [0.29, 0.717) is 6.04 Å². The zero-order chi connectivity index (χ0) is 15.6. The number of hydrogen-bond donors (Lipinski definition) is 1. The standard InChI is InChI=1S/C17H27N3O/c1-7-14-9-10-16(21-14)11(3)18-15(8-2)17-12(4)19-20(6)13(17)5/h9-11,15,18H,7-8H2,1-6H3/t11-,15+/m1/s1. The lowest BCUT2D eigenvalue weighted by Crippen LogP contribution is -2.25. The SMILES string of the molecule is CCc1ccc([C@@H](C)N[C@@H](CC)c2c(C)nn(C)c2C)o1. The van der Waals surface area contributed by atoms with E-state index in [1.165, 1.54) is 11.3 Å².